The summed E-state index contributed by atoms with van der Waals surface area (Å²) in [5.41, 5.74) is 4.32. The van der Waals surface area contributed by atoms with Crippen LogP contribution >= 0.6 is 28.1 Å². The molecular formula is C13H18BrN3S. The van der Waals surface area contributed by atoms with E-state index in [1.807, 2.05) is 31.7 Å². The molecule has 3 nitrogen and oxygen atoms in total. The van der Waals surface area contributed by atoms with Gasteiger partial charge in [0, 0.05) is 20.2 Å². The molecule has 5 heteroatoms. The van der Waals surface area contributed by atoms with Gasteiger partial charge in [0.25, 0.3) is 0 Å². The molecule has 0 aliphatic carbocycles. The average Bonchev–Trinajstić information content (AvgIpc) is 2.56. The predicted molar refractivity (Wildman–Crippen MR) is 82.4 cm³/mol. The second-order valence-corrected chi connectivity index (χ2v) is 5.40. The highest BCUT2D eigenvalue weighted by atomic mass is 79.9. The number of aryl methyl sites for hydroxylation is 3. The van der Waals surface area contributed by atoms with Crippen molar-refractivity contribution >= 4 is 28.1 Å². The molecule has 0 radical (unpaired) electrons. The van der Waals surface area contributed by atoms with Crippen LogP contribution in [-0.2, 0) is 14.1 Å². The van der Waals surface area contributed by atoms with Crippen molar-refractivity contribution in [3.63, 3.8) is 0 Å². The Morgan fingerprint density at radius 1 is 1.17 bits per heavy atom. The first kappa shape index (κ1) is 15.1. The third kappa shape index (κ3) is 2.42. The summed E-state index contributed by atoms with van der Waals surface area (Å²) >= 11 is 8.86. The van der Waals surface area contributed by atoms with Crippen LogP contribution in [0.5, 0.6) is 0 Å². The van der Waals surface area contributed by atoms with E-state index in [0.717, 1.165) is 26.2 Å². The largest absolute Gasteiger partial charge is 0.333 e. The molecule has 0 fully saturated rings. The van der Waals surface area contributed by atoms with Crippen LogP contribution < -0.4 is 0 Å². The summed E-state index contributed by atoms with van der Waals surface area (Å²) < 4.78 is 5.64. The van der Waals surface area contributed by atoms with Crippen LogP contribution in [0.15, 0.2) is 16.7 Å². The van der Waals surface area contributed by atoms with Gasteiger partial charge in [0.1, 0.15) is 14.9 Å². The second kappa shape index (κ2) is 5.36. The fraction of sp³-hybridized carbons (Fsp3) is 0.385. The van der Waals surface area contributed by atoms with Crippen molar-refractivity contribution in [1.29, 1.82) is 0 Å². The monoisotopic (exact) mass is 327 g/mol. The lowest BCUT2D eigenvalue weighted by atomic mass is 10.1. The van der Waals surface area contributed by atoms with E-state index in [9.17, 15) is 0 Å². The molecule has 0 saturated heterocycles. The first-order valence-corrected chi connectivity index (χ1v) is 6.49. The van der Waals surface area contributed by atoms with E-state index in [1.54, 1.807) is 4.68 Å². The normalized spacial score (nSPS) is 10.3. The molecule has 2 aromatic heterocycles. The molecule has 0 spiro atoms. The van der Waals surface area contributed by atoms with Gasteiger partial charge in [0.05, 0.1) is 5.69 Å². The molecular weight excluding hydrogens is 310 g/mol. The lowest BCUT2D eigenvalue weighted by Crippen LogP contribution is -2.03. The molecule has 18 heavy (non-hydrogen) atoms. The molecule has 0 saturated carbocycles. The van der Waals surface area contributed by atoms with Crippen LogP contribution in [0.25, 0.3) is 11.4 Å². The minimum Gasteiger partial charge on any atom is -0.333 e. The fourth-order valence-electron chi connectivity index (χ4n) is 2.02. The maximum atomic E-state index is 5.40. The number of hydrogen-bond donors (Lipinski definition) is 0. The highest BCUT2D eigenvalue weighted by Crippen LogP contribution is 2.25. The van der Waals surface area contributed by atoms with E-state index < -0.39 is 0 Å². The van der Waals surface area contributed by atoms with Crippen LogP contribution in [0.3, 0.4) is 0 Å². The van der Waals surface area contributed by atoms with Crippen molar-refractivity contribution in [3.05, 3.63) is 32.5 Å². The quantitative estimate of drug-likeness (QED) is 0.733. The maximum Gasteiger partial charge on any atom is 0.110 e. The van der Waals surface area contributed by atoms with Gasteiger partial charge in [-0.1, -0.05) is 25.7 Å². The SMILES string of the molecule is C.Cc1cc(C)c(=S)n(C)c1-c1cc(Br)n(C)n1. The van der Waals surface area contributed by atoms with Crippen LogP contribution in [0.4, 0.5) is 0 Å². The van der Waals surface area contributed by atoms with E-state index in [4.69, 9.17) is 12.2 Å². The number of nitrogens with zero attached hydrogens (tertiary/aromatic N) is 3. The molecule has 2 aromatic rings. The van der Waals surface area contributed by atoms with Gasteiger partial charge >= 0.3 is 0 Å². The zero-order chi connectivity index (χ0) is 12.7. The number of pyridine rings is 1. The van der Waals surface area contributed by atoms with E-state index in [0.29, 0.717) is 0 Å². The highest BCUT2D eigenvalue weighted by Gasteiger charge is 2.12. The van der Waals surface area contributed by atoms with Crippen molar-refractivity contribution in [1.82, 2.24) is 14.3 Å². The Hall–Kier alpha value is -0.940. The van der Waals surface area contributed by atoms with E-state index in [2.05, 4.69) is 34.0 Å². The Morgan fingerprint density at radius 2 is 1.78 bits per heavy atom. The topological polar surface area (TPSA) is 22.8 Å². The molecule has 0 atom stereocenters. The summed E-state index contributed by atoms with van der Waals surface area (Å²) in [6.45, 7) is 4.12. The Bertz CT molecular complexity index is 621. The van der Waals surface area contributed by atoms with Crippen LogP contribution in [0, 0.1) is 18.5 Å². The van der Waals surface area contributed by atoms with Gasteiger partial charge in [0.15, 0.2) is 0 Å². The molecule has 2 heterocycles. The summed E-state index contributed by atoms with van der Waals surface area (Å²) in [5, 5.41) is 4.48. The van der Waals surface area contributed by atoms with Gasteiger partial charge in [-0.2, -0.15) is 5.10 Å². The smallest absolute Gasteiger partial charge is 0.110 e. The number of rotatable bonds is 1. The Balaban J connectivity index is 0.00000162. The highest BCUT2D eigenvalue weighted by molar-refractivity contribution is 9.10. The summed E-state index contributed by atoms with van der Waals surface area (Å²) in [5.74, 6) is 0. The fourth-order valence-corrected chi connectivity index (χ4v) is 2.47. The van der Waals surface area contributed by atoms with E-state index >= 15 is 0 Å². The minimum absolute atomic E-state index is 0. The number of hydrogen-bond acceptors (Lipinski definition) is 2. The van der Waals surface area contributed by atoms with Gasteiger partial charge < -0.3 is 4.57 Å². The standard InChI is InChI=1S/C12H14BrN3S.CH4/c1-7-5-8(2)12(17)15(3)11(7)9-6-10(13)16(4)14-9;/h5-6H,1-4H3;1H4. The summed E-state index contributed by atoms with van der Waals surface area (Å²) in [6, 6.07) is 4.12. The zero-order valence-corrected chi connectivity index (χ0v) is 12.7. The molecule has 0 aromatic carbocycles. The first-order chi connectivity index (χ1) is 7.91. The molecule has 0 aliphatic heterocycles. The number of aromatic nitrogens is 3. The van der Waals surface area contributed by atoms with Gasteiger partial charge in [0.2, 0.25) is 0 Å². The van der Waals surface area contributed by atoms with Crippen molar-refractivity contribution in [2.45, 2.75) is 21.3 Å². The molecule has 0 unspecified atom stereocenters. The van der Waals surface area contributed by atoms with Crippen LogP contribution in [-0.4, -0.2) is 14.3 Å². The Labute approximate surface area is 122 Å². The Kier molecular flexibility index (Phi) is 4.50. The molecule has 0 bridgehead atoms. The molecule has 0 N–H and O–H groups in total. The van der Waals surface area contributed by atoms with Gasteiger partial charge in [-0.25, -0.2) is 0 Å². The van der Waals surface area contributed by atoms with E-state index in [-0.39, 0.29) is 7.43 Å². The van der Waals surface area contributed by atoms with Gasteiger partial charge in [-0.05, 0) is 40.9 Å². The number of halogens is 1. The van der Waals surface area contributed by atoms with Crippen LogP contribution in [0.2, 0.25) is 0 Å². The summed E-state index contributed by atoms with van der Waals surface area (Å²) in [6.07, 6.45) is 0. The van der Waals surface area contributed by atoms with Crippen molar-refractivity contribution < 1.29 is 0 Å². The minimum atomic E-state index is 0. The lowest BCUT2D eigenvalue weighted by molar-refractivity contribution is 0.747. The zero-order valence-electron chi connectivity index (χ0n) is 10.3. The second-order valence-electron chi connectivity index (χ2n) is 4.20. The molecule has 0 amide bonds. The predicted octanol–water partition coefficient (Wildman–Crippen LogP) is 4.17. The van der Waals surface area contributed by atoms with Crippen molar-refractivity contribution in [3.8, 4) is 11.4 Å². The van der Waals surface area contributed by atoms with Crippen molar-refractivity contribution in [2.24, 2.45) is 14.1 Å². The van der Waals surface area contributed by atoms with E-state index in [1.165, 1.54) is 5.56 Å². The van der Waals surface area contributed by atoms with Crippen molar-refractivity contribution in [2.75, 3.05) is 0 Å². The third-order valence-electron chi connectivity index (χ3n) is 2.85. The average molecular weight is 328 g/mol. The first-order valence-electron chi connectivity index (χ1n) is 5.29. The molecule has 98 valence electrons. The Morgan fingerprint density at radius 3 is 2.28 bits per heavy atom. The lowest BCUT2D eigenvalue weighted by Gasteiger charge is -2.12. The van der Waals surface area contributed by atoms with Crippen LogP contribution in [0.1, 0.15) is 18.6 Å². The summed E-state index contributed by atoms with van der Waals surface area (Å²) in [4.78, 5) is 0. The summed E-state index contributed by atoms with van der Waals surface area (Å²) in [7, 11) is 3.89. The third-order valence-corrected chi connectivity index (χ3v) is 4.19. The molecule has 0 aliphatic rings. The van der Waals surface area contributed by atoms with Gasteiger partial charge in [-0.3, -0.25) is 4.68 Å². The van der Waals surface area contributed by atoms with Gasteiger partial charge in [-0.15, -0.1) is 0 Å². The molecule has 2 rings (SSSR count). The maximum absolute atomic E-state index is 5.40.